The van der Waals surface area contributed by atoms with Crippen LogP contribution in [0.25, 0.3) is 0 Å². The average Bonchev–Trinajstić information content (AvgIpc) is 2.64. The summed E-state index contributed by atoms with van der Waals surface area (Å²) in [5, 5.41) is 0. The van der Waals surface area contributed by atoms with E-state index in [9.17, 15) is 0 Å². The van der Waals surface area contributed by atoms with Gasteiger partial charge in [0.05, 0.1) is 5.60 Å². The van der Waals surface area contributed by atoms with Crippen molar-refractivity contribution in [3.05, 3.63) is 0 Å². The Labute approximate surface area is 85.0 Å². The maximum absolute atomic E-state index is 5.99. The lowest BCUT2D eigenvalue weighted by atomic mass is 9.35. The molecule has 0 saturated heterocycles. The minimum Gasteiger partial charge on any atom is -0.359 e. The molecule has 1 spiro atoms. The molecule has 78 valence electrons. The fourth-order valence-corrected chi connectivity index (χ4v) is 5.51. The van der Waals surface area contributed by atoms with E-state index in [-0.39, 0.29) is 5.60 Å². The Balaban J connectivity index is 1.62. The molecule has 0 heterocycles. The normalized spacial score (nSPS) is 61.9. The SMILES string of the molecule is COCOC12CC3CC4CC(C1)C32C4. The van der Waals surface area contributed by atoms with E-state index >= 15 is 0 Å². The molecule has 0 amide bonds. The van der Waals surface area contributed by atoms with Crippen LogP contribution in [0, 0.1) is 23.2 Å². The summed E-state index contributed by atoms with van der Waals surface area (Å²) in [5.41, 5.74) is 0.930. The lowest BCUT2D eigenvalue weighted by Gasteiger charge is -2.73. The minimum absolute atomic E-state index is 0.281. The standard InChI is InChI=1S/C12H18O2/c1-13-7-14-11-5-9-2-8-3-10(6-11)12(9,11)4-8/h8-10H,2-7H2,1H3. The van der Waals surface area contributed by atoms with Crippen molar-refractivity contribution in [1.82, 2.24) is 0 Å². The first-order chi connectivity index (χ1) is 6.81. The average molecular weight is 194 g/mol. The highest BCUT2D eigenvalue weighted by molar-refractivity contribution is 5.31. The molecule has 0 aromatic heterocycles. The molecule has 0 aromatic rings. The number of methoxy groups -OCH3 is 1. The Bertz CT molecular complexity index is 270. The summed E-state index contributed by atoms with van der Waals surface area (Å²) in [5.74, 6) is 3.11. The van der Waals surface area contributed by atoms with Gasteiger partial charge in [0, 0.05) is 12.5 Å². The van der Waals surface area contributed by atoms with Gasteiger partial charge in [0.2, 0.25) is 0 Å². The van der Waals surface area contributed by atoms with E-state index in [0.29, 0.717) is 12.2 Å². The molecule has 0 radical (unpaired) electrons. The number of rotatable bonds is 3. The fourth-order valence-electron chi connectivity index (χ4n) is 5.51. The van der Waals surface area contributed by atoms with Crippen molar-refractivity contribution in [3.63, 3.8) is 0 Å². The zero-order valence-corrected chi connectivity index (χ0v) is 8.79. The highest BCUT2D eigenvalue weighted by Gasteiger charge is 2.82. The van der Waals surface area contributed by atoms with E-state index in [1.807, 2.05) is 0 Å². The van der Waals surface area contributed by atoms with Crippen LogP contribution in [0.15, 0.2) is 0 Å². The molecular weight excluding hydrogens is 176 g/mol. The molecule has 4 fully saturated rings. The van der Waals surface area contributed by atoms with Gasteiger partial charge in [-0.25, -0.2) is 0 Å². The lowest BCUT2D eigenvalue weighted by molar-refractivity contribution is -0.344. The first-order valence-corrected chi connectivity index (χ1v) is 5.94. The predicted molar refractivity (Wildman–Crippen MR) is 51.7 cm³/mol. The molecule has 2 nitrogen and oxygen atoms in total. The molecule has 0 aliphatic heterocycles. The van der Waals surface area contributed by atoms with Crippen LogP contribution in [0.3, 0.4) is 0 Å². The molecule has 4 aliphatic carbocycles. The maximum Gasteiger partial charge on any atom is 0.147 e. The number of hydrogen-bond donors (Lipinski definition) is 0. The number of ether oxygens (including phenoxy) is 2. The van der Waals surface area contributed by atoms with Gasteiger partial charge in [0.25, 0.3) is 0 Å². The van der Waals surface area contributed by atoms with Gasteiger partial charge >= 0.3 is 0 Å². The largest absolute Gasteiger partial charge is 0.359 e. The van der Waals surface area contributed by atoms with Gasteiger partial charge in [-0.05, 0) is 49.9 Å². The molecule has 4 saturated carbocycles. The summed E-state index contributed by atoms with van der Waals surface area (Å²) >= 11 is 0. The molecule has 0 N–H and O–H groups in total. The zero-order valence-electron chi connectivity index (χ0n) is 8.79. The van der Waals surface area contributed by atoms with Crippen molar-refractivity contribution < 1.29 is 9.47 Å². The summed E-state index contributed by atoms with van der Waals surface area (Å²) in [6, 6.07) is 0. The van der Waals surface area contributed by atoms with Crippen molar-refractivity contribution in [2.45, 2.75) is 37.7 Å². The summed E-state index contributed by atoms with van der Waals surface area (Å²) in [7, 11) is 1.73. The molecule has 14 heavy (non-hydrogen) atoms. The zero-order chi connectivity index (χ0) is 9.39. The van der Waals surface area contributed by atoms with E-state index in [2.05, 4.69) is 0 Å². The van der Waals surface area contributed by atoms with Crippen molar-refractivity contribution in [1.29, 1.82) is 0 Å². The van der Waals surface area contributed by atoms with Gasteiger partial charge in [-0.15, -0.1) is 0 Å². The number of hydrogen-bond acceptors (Lipinski definition) is 2. The molecule has 4 rings (SSSR count). The molecule has 2 atom stereocenters. The van der Waals surface area contributed by atoms with E-state index in [1.165, 1.54) is 32.1 Å². The van der Waals surface area contributed by atoms with Gasteiger partial charge < -0.3 is 9.47 Å². The second kappa shape index (κ2) is 2.19. The van der Waals surface area contributed by atoms with Crippen LogP contribution < -0.4 is 0 Å². The molecule has 2 bridgehead atoms. The topological polar surface area (TPSA) is 18.5 Å². The van der Waals surface area contributed by atoms with E-state index in [4.69, 9.17) is 9.47 Å². The third-order valence-electron chi connectivity index (χ3n) is 5.77. The highest BCUT2D eigenvalue weighted by Crippen LogP contribution is 2.83. The highest BCUT2D eigenvalue weighted by atomic mass is 16.7. The Morgan fingerprint density at radius 1 is 1.14 bits per heavy atom. The smallest absolute Gasteiger partial charge is 0.147 e. The Kier molecular flexibility index (Phi) is 1.27. The van der Waals surface area contributed by atoms with Crippen molar-refractivity contribution in [2.75, 3.05) is 13.9 Å². The molecule has 2 unspecified atom stereocenters. The summed E-state index contributed by atoms with van der Waals surface area (Å²) < 4.78 is 11.1. The quantitative estimate of drug-likeness (QED) is 0.641. The van der Waals surface area contributed by atoms with E-state index < -0.39 is 0 Å². The van der Waals surface area contributed by atoms with Gasteiger partial charge in [-0.3, -0.25) is 0 Å². The predicted octanol–water partition coefficient (Wildman–Crippen LogP) is 2.19. The van der Waals surface area contributed by atoms with Crippen LogP contribution in [0.5, 0.6) is 0 Å². The van der Waals surface area contributed by atoms with Crippen molar-refractivity contribution >= 4 is 0 Å². The second-order valence-electron chi connectivity index (χ2n) is 5.93. The number of fused-ring (bicyclic) bond motifs is 1. The minimum atomic E-state index is 0.281. The first-order valence-electron chi connectivity index (χ1n) is 5.94. The monoisotopic (exact) mass is 194 g/mol. The van der Waals surface area contributed by atoms with Crippen molar-refractivity contribution in [2.24, 2.45) is 23.2 Å². The van der Waals surface area contributed by atoms with Crippen LogP contribution in [-0.4, -0.2) is 19.5 Å². The van der Waals surface area contributed by atoms with Gasteiger partial charge in [0.1, 0.15) is 6.79 Å². The molecule has 4 aliphatic rings. The Morgan fingerprint density at radius 2 is 1.86 bits per heavy atom. The third kappa shape index (κ3) is 0.594. The Morgan fingerprint density at radius 3 is 2.43 bits per heavy atom. The van der Waals surface area contributed by atoms with Crippen LogP contribution in [-0.2, 0) is 9.47 Å². The lowest BCUT2D eigenvalue weighted by Crippen LogP contribution is -2.74. The van der Waals surface area contributed by atoms with Crippen LogP contribution in [0.1, 0.15) is 32.1 Å². The van der Waals surface area contributed by atoms with Crippen LogP contribution in [0.2, 0.25) is 0 Å². The fraction of sp³-hybridized carbons (Fsp3) is 1.00. The second-order valence-corrected chi connectivity index (χ2v) is 5.93. The molecule has 2 heteroatoms. The molecular formula is C12H18O2. The maximum atomic E-state index is 5.99. The summed E-state index contributed by atoms with van der Waals surface area (Å²) in [6.07, 6.45) is 7.17. The van der Waals surface area contributed by atoms with Crippen LogP contribution >= 0.6 is 0 Å². The van der Waals surface area contributed by atoms with Gasteiger partial charge in [-0.2, -0.15) is 0 Å². The van der Waals surface area contributed by atoms with E-state index in [0.717, 1.165) is 17.8 Å². The molecule has 0 aromatic carbocycles. The first kappa shape index (κ1) is 8.12. The summed E-state index contributed by atoms with van der Waals surface area (Å²) in [4.78, 5) is 0. The Hall–Kier alpha value is -0.0800. The van der Waals surface area contributed by atoms with Crippen molar-refractivity contribution in [3.8, 4) is 0 Å². The summed E-state index contributed by atoms with van der Waals surface area (Å²) in [6.45, 7) is 0.506. The van der Waals surface area contributed by atoms with E-state index in [1.54, 1.807) is 7.11 Å². The third-order valence-corrected chi connectivity index (χ3v) is 5.77. The van der Waals surface area contributed by atoms with Crippen LogP contribution in [0.4, 0.5) is 0 Å². The van der Waals surface area contributed by atoms with Gasteiger partial charge in [0.15, 0.2) is 0 Å². The van der Waals surface area contributed by atoms with Gasteiger partial charge in [-0.1, -0.05) is 0 Å².